The van der Waals surface area contributed by atoms with Crippen LogP contribution in [0.3, 0.4) is 0 Å². The number of ketones is 1. The maximum Gasteiger partial charge on any atom is 0.407 e. The molecule has 2 rings (SSSR count). The highest BCUT2D eigenvalue weighted by molar-refractivity contribution is 5.94. The van der Waals surface area contributed by atoms with Crippen molar-refractivity contribution in [1.29, 1.82) is 0 Å². The molecule has 0 atom stereocenters. The average molecular weight is 641 g/mol. The summed E-state index contributed by atoms with van der Waals surface area (Å²) in [6.07, 6.45) is 3.30. The van der Waals surface area contributed by atoms with Crippen molar-refractivity contribution in [2.24, 2.45) is 5.11 Å². The van der Waals surface area contributed by atoms with E-state index in [1.54, 1.807) is 58.9 Å². The Kier molecular flexibility index (Phi) is 18.8. The second kappa shape index (κ2) is 22.9. The number of nitrogens with zero attached hydrogens (tertiary/aromatic N) is 4. The highest BCUT2D eigenvalue weighted by Gasteiger charge is 2.17. The molecule has 0 spiro atoms. The van der Waals surface area contributed by atoms with Crippen molar-refractivity contribution < 1.29 is 38.6 Å². The number of carbonyl (C=O) groups excluding carboxylic acids is 4. The van der Waals surface area contributed by atoms with E-state index in [4.69, 9.17) is 24.9 Å². The van der Waals surface area contributed by atoms with Crippen LogP contribution in [0.4, 0.5) is 10.5 Å². The Hall–Kier alpha value is -4.49. The molecule has 3 N–H and O–H groups in total. The summed E-state index contributed by atoms with van der Waals surface area (Å²) >= 11 is 0. The minimum absolute atomic E-state index is 0.0818. The van der Waals surface area contributed by atoms with Gasteiger partial charge in [0, 0.05) is 61.7 Å². The zero-order chi connectivity index (χ0) is 33.4. The van der Waals surface area contributed by atoms with Gasteiger partial charge in [0.05, 0.1) is 19.8 Å². The number of carbonyl (C=O) groups is 4. The second-order valence-electron chi connectivity index (χ2n) is 10.3. The molecule has 2 aromatic rings. The van der Waals surface area contributed by atoms with Crippen LogP contribution in [-0.2, 0) is 36.8 Å². The van der Waals surface area contributed by atoms with Gasteiger partial charge in [-0.3, -0.25) is 19.6 Å². The fourth-order valence-corrected chi connectivity index (χ4v) is 4.37. The SMILES string of the molecule is CCOCCOCCOC(=O)NCCN(Cc1ccc(N=[N+]=[N-])cc1)C(=O)c1ccc(CC(=O)CCCCCCC(=O)NO)cc1. The molecule has 14 heteroatoms. The van der Waals surface area contributed by atoms with Crippen molar-refractivity contribution in [1.82, 2.24) is 15.7 Å². The highest BCUT2D eigenvalue weighted by Crippen LogP contribution is 2.17. The van der Waals surface area contributed by atoms with Gasteiger partial charge in [-0.2, -0.15) is 0 Å². The third-order valence-electron chi connectivity index (χ3n) is 6.78. The Balaban J connectivity index is 1.90. The van der Waals surface area contributed by atoms with Gasteiger partial charge in [0.2, 0.25) is 5.91 Å². The van der Waals surface area contributed by atoms with Gasteiger partial charge in [0.15, 0.2) is 0 Å². The zero-order valence-corrected chi connectivity index (χ0v) is 26.3. The summed E-state index contributed by atoms with van der Waals surface area (Å²) in [5.41, 5.74) is 12.7. The summed E-state index contributed by atoms with van der Waals surface area (Å²) in [4.78, 5) is 53.5. The fraction of sp³-hybridized carbons (Fsp3) is 0.500. The van der Waals surface area contributed by atoms with E-state index in [-0.39, 0.29) is 57.4 Å². The molecule has 0 unspecified atom stereocenters. The lowest BCUT2D eigenvalue weighted by molar-refractivity contribution is -0.129. The molecule has 46 heavy (non-hydrogen) atoms. The molecule has 3 amide bonds. The Morgan fingerprint density at radius 2 is 1.52 bits per heavy atom. The molecular weight excluding hydrogens is 596 g/mol. The molecule has 0 aliphatic rings. The van der Waals surface area contributed by atoms with Gasteiger partial charge in [-0.05, 0) is 48.6 Å². The van der Waals surface area contributed by atoms with Crippen LogP contribution in [0.15, 0.2) is 53.6 Å². The molecule has 14 nitrogen and oxygen atoms in total. The van der Waals surface area contributed by atoms with E-state index >= 15 is 0 Å². The maximum absolute atomic E-state index is 13.5. The van der Waals surface area contributed by atoms with Crippen molar-refractivity contribution >= 4 is 29.4 Å². The smallest absolute Gasteiger partial charge is 0.407 e. The molecule has 0 radical (unpaired) electrons. The zero-order valence-electron chi connectivity index (χ0n) is 26.3. The third kappa shape index (κ3) is 16.0. The van der Waals surface area contributed by atoms with Crippen molar-refractivity contribution in [3.8, 4) is 0 Å². The largest absolute Gasteiger partial charge is 0.447 e. The van der Waals surface area contributed by atoms with Crippen LogP contribution < -0.4 is 10.8 Å². The predicted octanol–water partition coefficient (Wildman–Crippen LogP) is 5.01. The first-order valence-electron chi connectivity index (χ1n) is 15.4. The molecule has 0 saturated carbocycles. The Morgan fingerprint density at radius 3 is 2.20 bits per heavy atom. The lowest BCUT2D eigenvalue weighted by Gasteiger charge is -2.23. The van der Waals surface area contributed by atoms with E-state index in [0.29, 0.717) is 43.9 Å². The lowest BCUT2D eigenvalue weighted by Crippen LogP contribution is -2.38. The number of Topliss-reactive ketones (excluding diaryl/α,β-unsaturated/α-hetero) is 1. The van der Waals surface area contributed by atoms with Crippen LogP contribution in [0.2, 0.25) is 0 Å². The number of amides is 3. The van der Waals surface area contributed by atoms with Crippen molar-refractivity contribution in [3.05, 3.63) is 75.7 Å². The Morgan fingerprint density at radius 1 is 0.870 bits per heavy atom. The van der Waals surface area contributed by atoms with Gasteiger partial charge < -0.3 is 24.4 Å². The Labute approximate surface area is 269 Å². The molecule has 0 fully saturated rings. The molecular formula is C32H44N6O8. The monoisotopic (exact) mass is 640 g/mol. The standard InChI is InChI=1S/C32H44N6O8/c1-2-44-19-20-45-21-22-46-32(42)34-17-18-38(24-26-11-15-28(16-12-26)35-37-33)31(41)27-13-9-25(10-14-27)23-29(39)7-5-3-4-6-8-30(40)36-43/h9-16,43H,2-8,17-24H2,1H3,(H,34,42)(H,36,40). The van der Waals surface area contributed by atoms with Crippen LogP contribution in [0.25, 0.3) is 10.4 Å². The summed E-state index contributed by atoms with van der Waals surface area (Å²) in [5, 5.41) is 14.7. The van der Waals surface area contributed by atoms with Crippen LogP contribution in [0, 0.1) is 0 Å². The molecule has 0 aromatic heterocycles. The van der Waals surface area contributed by atoms with Crippen molar-refractivity contribution in [2.45, 2.75) is 58.4 Å². The molecule has 250 valence electrons. The number of ether oxygens (including phenoxy) is 3. The van der Waals surface area contributed by atoms with Gasteiger partial charge >= 0.3 is 6.09 Å². The molecule has 0 bridgehead atoms. The number of alkyl carbamates (subject to hydrolysis) is 1. The summed E-state index contributed by atoms with van der Waals surface area (Å²) in [7, 11) is 0. The van der Waals surface area contributed by atoms with Gasteiger partial charge in [0.1, 0.15) is 12.4 Å². The molecule has 0 aliphatic heterocycles. The number of hydrogen-bond donors (Lipinski definition) is 3. The lowest BCUT2D eigenvalue weighted by atomic mass is 10.0. The van der Waals surface area contributed by atoms with Gasteiger partial charge in [-0.1, -0.05) is 54.4 Å². The number of hydroxylamine groups is 1. The van der Waals surface area contributed by atoms with E-state index in [1.807, 2.05) is 6.92 Å². The summed E-state index contributed by atoms with van der Waals surface area (Å²) < 4.78 is 15.6. The number of hydrogen-bond acceptors (Lipinski definition) is 9. The molecule has 0 saturated heterocycles. The van der Waals surface area contributed by atoms with E-state index in [1.165, 1.54) is 0 Å². The number of benzene rings is 2. The number of rotatable bonds is 23. The fourth-order valence-electron chi connectivity index (χ4n) is 4.37. The third-order valence-corrected chi connectivity index (χ3v) is 6.78. The normalized spacial score (nSPS) is 10.5. The van der Waals surface area contributed by atoms with E-state index in [9.17, 15) is 19.2 Å². The Bertz CT molecular complexity index is 1270. The average Bonchev–Trinajstić information content (AvgIpc) is 3.06. The number of nitrogens with one attached hydrogen (secondary N) is 2. The number of unbranched alkanes of at least 4 members (excludes halogenated alkanes) is 3. The van der Waals surface area contributed by atoms with Crippen molar-refractivity contribution in [2.75, 3.05) is 46.1 Å². The van der Waals surface area contributed by atoms with E-state index < -0.39 is 12.0 Å². The summed E-state index contributed by atoms with van der Waals surface area (Å²) in [6, 6.07) is 13.7. The van der Waals surface area contributed by atoms with Gasteiger partial charge in [0.25, 0.3) is 5.91 Å². The first-order valence-corrected chi connectivity index (χ1v) is 15.4. The number of azide groups is 1. The minimum atomic E-state index is -0.623. The minimum Gasteiger partial charge on any atom is -0.447 e. The van der Waals surface area contributed by atoms with E-state index in [2.05, 4.69) is 15.3 Å². The quantitative estimate of drug-likeness (QED) is 0.0377. The van der Waals surface area contributed by atoms with Crippen LogP contribution in [0.5, 0.6) is 0 Å². The van der Waals surface area contributed by atoms with Crippen LogP contribution in [0.1, 0.15) is 66.9 Å². The van der Waals surface area contributed by atoms with Crippen LogP contribution in [-0.4, -0.2) is 79.9 Å². The molecule has 2 aromatic carbocycles. The predicted molar refractivity (Wildman–Crippen MR) is 169 cm³/mol. The molecule has 0 heterocycles. The molecule has 0 aliphatic carbocycles. The van der Waals surface area contributed by atoms with Crippen molar-refractivity contribution in [3.63, 3.8) is 0 Å². The summed E-state index contributed by atoms with van der Waals surface area (Å²) in [6.45, 7) is 4.29. The van der Waals surface area contributed by atoms with Crippen LogP contribution >= 0.6 is 0 Å². The first-order chi connectivity index (χ1) is 22.4. The van der Waals surface area contributed by atoms with Gasteiger partial charge in [-0.15, -0.1) is 0 Å². The maximum atomic E-state index is 13.5. The first kappa shape index (κ1) is 37.7. The highest BCUT2D eigenvalue weighted by atomic mass is 16.6. The second-order valence-corrected chi connectivity index (χ2v) is 10.3. The van der Waals surface area contributed by atoms with E-state index in [0.717, 1.165) is 30.4 Å². The summed E-state index contributed by atoms with van der Waals surface area (Å²) in [5.74, 6) is -0.581. The topological polar surface area (TPSA) is 192 Å². The van der Waals surface area contributed by atoms with Gasteiger partial charge in [-0.25, -0.2) is 10.3 Å².